The van der Waals surface area contributed by atoms with Gasteiger partial charge in [0.2, 0.25) is 5.91 Å². The highest BCUT2D eigenvalue weighted by molar-refractivity contribution is 7.80. The minimum absolute atomic E-state index is 0.0103. The van der Waals surface area contributed by atoms with Gasteiger partial charge in [-0.05, 0) is 55.5 Å². The van der Waals surface area contributed by atoms with Gasteiger partial charge in [0.15, 0.2) is 10.9 Å². The number of benzene rings is 2. The number of thiocarbonyl (C=S) groups is 1. The fourth-order valence-electron chi connectivity index (χ4n) is 2.07. The van der Waals surface area contributed by atoms with Crippen molar-refractivity contribution in [3.05, 3.63) is 65.7 Å². The number of anilines is 1. The number of carbonyl (C=O) groups excluding carboxylic acids is 2. The largest absolute Gasteiger partial charge is 0.496 e. The molecule has 0 saturated heterocycles. The van der Waals surface area contributed by atoms with E-state index in [0.29, 0.717) is 17.0 Å². The lowest BCUT2D eigenvalue weighted by Crippen LogP contribution is -2.32. The number of amides is 1. The Morgan fingerprint density at radius 2 is 1.76 bits per heavy atom. The summed E-state index contributed by atoms with van der Waals surface area (Å²) in [7, 11) is 1.57. The van der Waals surface area contributed by atoms with E-state index in [9.17, 15) is 9.59 Å². The molecule has 2 aromatic carbocycles. The molecule has 5 nitrogen and oxygen atoms in total. The molecule has 0 aromatic heterocycles. The summed E-state index contributed by atoms with van der Waals surface area (Å²) < 4.78 is 5.22. The lowest BCUT2D eigenvalue weighted by molar-refractivity contribution is -0.115. The van der Waals surface area contributed by atoms with E-state index in [1.165, 1.54) is 13.0 Å². The molecule has 2 aromatic rings. The molecule has 0 heterocycles. The molecule has 0 spiro atoms. The zero-order valence-electron chi connectivity index (χ0n) is 13.9. The van der Waals surface area contributed by atoms with Crippen LogP contribution in [0.3, 0.4) is 0 Å². The first kappa shape index (κ1) is 18.4. The fourth-order valence-corrected chi connectivity index (χ4v) is 2.29. The molecule has 0 unspecified atom stereocenters. The van der Waals surface area contributed by atoms with E-state index in [2.05, 4.69) is 10.6 Å². The molecule has 0 atom stereocenters. The second-order valence-corrected chi connectivity index (χ2v) is 5.56. The Bertz CT molecular complexity index is 814. The van der Waals surface area contributed by atoms with E-state index in [1.54, 1.807) is 37.5 Å². The Kier molecular flexibility index (Phi) is 6.42. The third-order valence-corrected chi connectivity index (χ3v) is 3.54. The molecule has 0 radical (unpaired) electrons. The summed E-state index contributed by atoms with van der Waals surface area (Å²) in [4.78, 5) is 23.2. The normalized spacial score (nSPS) is 10.3. The van der Waals surface area contributed by atoms with Crippen LogP contribution in [-0.2, 0) is 4.79 Å². The van der Waals surface area contributed by atoms with Crippen LogP contribution >= 0.6 is 12.2 Å². The molecule has 2 N–H and O–H groups in total. The van der Waals surface area contributed by atoms with Crippen molar-refractivity contribution in [3.63, 3.8) is 0 Å². The van der Waals surface area contributed by atoms with Crippen LogP contribution in [0.25, 0.3) is 6.08 Å². The maximum Gasteiger partial charge on any atom is 0.250 e. The molecule has 0 bridgehead atoms. The second-order valence-electron chi connectivity index (χ2n) is 5.15. The zero-order valence-corrected chi connectivity index (χ0v) is 14.7. The summed E-state index contributed by atoms with van der Waals surface area (Å²) >= 11 is 5.11. The van der Waals surface area contributed by atoms with E-state index in [4.69, 9.17) is 17.0 Å². The number of methoxy groups -OCH3 is 1. The highest BCUT2D eigenvalue weighted by atomic mass is 32.1. The number of ketones is 1. The Balaban J connectivity index is 1.92. The number of para-hydroxylation sites is 1. The van der Waals surface area contributed by atoms with Gasteiger partial charge in [0.1, 0.15) is 5.75 Å². The molecular weight excluding hydrogens is 336 g/mol. The highest BCUT2D eigenvalue weighted by Crippen LogP contribution is 2.18. The predicted octanol–water partition coefficient (Wildman–Crippen LogP) is 3.42. The zero-order chi connectivity index (χ0) is 18.2. The third-order valence-electron chi connectivity index (χ3n) is 3.34. The second kappa shape index (κ2) is 8.75. The number of carbonyl (C=O) groups is 2. The van der Waals surface area contributed by atoms with Crippen LogP contribution in [0.1, 0.15) is 22.8 Å². The van der Waals surface area contributed by atoms with Crippen LogP contribution < -0.4 is 15.4 Å². The van der Waals surface area contributed by atoms with Crippen molar-refractivity contribution >= 4 is 40.8 Å². The number of rotatable bonds is 5. The van der Waals surface area contributed by atoms with Crippen molar-refractivity contribution in [3.8, 4) is 5.75 Å². The van der Waals surface area contributed by atoms with Crippen molar-refractivity contribution in [2.75, 3.05) is 12.4 Å². The van der Waals surface area contributed by atoms with E-state index < -0.39 is 0 Å². The molecule has 0 saturated carbocycles. The van der Waals surface area contributed by atoms with Gasteiger partial charge in [-0.1, -0.05) is 18.2 Å². The van der Waals surface area contributed by atoms with Crippen LogP contribution in [0.4, 0.5) is 5.69 Å². The number of Topliss-reactive ketones (excluding diaryl/α,β-unsaturated/α-hetero) is 1. The lowest BCUT2D eigenvalue weighted by Gasteiger charge is -2.08. The standard InChI is InChI=1S/C19H18N2O3S/c1-13(22)14-7-10-16(11-8-14)20-19(25)21-18(23)12-9-15-5-3-4-6-17(15)24-2/h3-12H,1-2H3,(H2,20,21,23,25). The van der Waals surface area contributed by atoms with Crippen LogP contribution in [0.2, 0.25) is 0 Å². The van der Waals surface area contributed by atoms with Gasteiger partial charge in [-0.3, -0.25) is 14.9 Å². The molecule has 6 heteroatoms. The first-order valence-electron chi connectivity index (χ1n) is 7.53. The van der Waals surface area contributed by atoms with Crippen LogP contribution in [0.5, 0.6) is 5.75 Å². The number of nitrogens with one attached hydrogen (secondary N) is 2. The molecule has 25 heavy (non-hydrogen) atoms. The van der Waals surface area contributed by atoms with Crippen molar-refractivity contribution in [1.82, 2.24) is 5.32 Å². The van der Waals surface area contributed by atoms with Crippen LogP contribution in [0, 0.1) is 0 Å². The third kappa shape index (κ3) is 5.54. The SMILES string of the molecule is COc1ccccc1C=CC(=O)NC(=S)Nc1ccc(C(C)=O)cc1. The van der Waals surface area contributed by atoms with E-state index >= 15 is 0 Å². The summed E-state index contributed by atoms with van der Waals surface area (Å²) in [5, 5.41) is 5.62. The van der Waals surface area contributed by atoms with Gasteiger partial charge in [0.05, 0.1) is 7.11 Å². The smallest absolute Gasteiger partial charge is 0.250 e. The van der Waals surface area contributed by atoms with Gasteiger partial charge in [-0.25, -0.2) is 0 Å². The summed E-state index contributed by atoms with van der Waals surface area (Å²) in [5.41, 5.74) is 2.09. The topological polar surface area (TPSA) is 67.4 Å². The van der Waals surface area contributed by atoms with Crippen molar-refractivity contribution in [2.45, 2.75) is 6.92 Å². The molecule has 0 aliphatic heterocycles. The maximum atomic E-state index is 11.9. The minimum atomic E-state index is -0.358. The summed E-state index contributed by atoms with van der Waals surface area (Å²) in [5.74, 6) is 0.311. The number of ether oxygens (including phenoxy) is 1. The maximum absolute atomic E-state index is 11.9. The number of hydrogen-bond donors (Lipinski definition) is 2. The van der Waals surface area contributed by atoms with Crippen LogP contribution in [-0.4, -0.2) is 23.9 Å². The molecule has 0 fully saturated rings. The van der Waals surface area contributed by atoms with Gasteiger partial charge in [-0.2, -0.15) is 0 Å². The van der Waals surface area contributed by atoms with Gasteiger partial charge in [0, 0.05) is 22.9 Å². The molecule has 0 aliphatic rings. The van der Waals surface area contributed by atoms with Crippen molar-refractivity contribution in [2.24, 2.45) is 0 Å². The Hall–Kier alpha value is -2.99. The summed E-state index contributed by atoms with van der Waals surface area (Å²) in [6.45, 7) is 1.50. The quantitative estimate of drug-likeness (QED) is 0.489. The average Bonchev–Trinajstić information content (AvgIpc) is 2.60. The van der Waals surface area contributed by atoms with Gasteiger partial charge in [-0.15, -0.1) is 0 Å². The Morgan fingerprint density at radius 3 is 2.40 bits per heavy atom. The highest BCUT2D eigenvalue weighted by Gasteiger charge is 2.04. The average molecular weight is 354 g/mol. The van der Waals surface area contributed by atoms with E-state index in [0.717, 1.165) is 5.56 Å². The predicted molar refractivity (Wildman–Crippen MR) is 103 cm³/mol. The fraction of sp³-hybridized carbons (Fsp3) is 0.105. The molecule has 2 rings (SSSR count). The first-order chi connectivity index (χ1) is 12.0. The van der Waals surface area contributed by atoms with Crippen molar-refractivity contribution < 1.29 is 14.3 Å². The van der Waals surface area contributed by atoms with Gasteiger partial charge < -0.3 is 10.1 Å². The monoisotopic (exact) mass is 354 g/mol. The summed E-state index contributed by atoms with van der Waals surface area (Å²) in [6, 6.07) is 14.2. The molecular formula is C19H18N2O3S. The van der Waals surface area contributed by atoms with Crippen molar-refractivity contribution in [1.29, 1.82) is 0 Å². The first-order valence-corrected chi connectivity index (χ1v) is 7.94. The molecule has 1 amide bonds. The van der Waals surface area contributed by atoms with Gasteiger partial charge in [0.25, 0.3) is 0 Å². The van der Waals surface area contributed by atoms with E-state index in [-0.39, 0.29) is 16.8 Å². The van der Waals surface area contributed by atoms with E-state index in [1.807, 2.05) is 24.3 Å². The van der Waals surface area contributed by atoms with Gasteiger partial charge >= 0.3 is 0 Å². The Morgan fingerprint density at radius 1 is 1.08 bits per heavy atom. The minimum Gasteiger partial charge on any atom is -0.496 e. The number of hydrogen-bond acceptors (Lipinski definition) is 4. The lowest BCUT2D eigenvalue weighted by atomic mass is 10.1. The summed E-state index contributed by atoms with van der Waals surface area (Å²) in [6.07, 6.45) is 3.03. The Labute approximate surface area is 151 Å². The molecule has 0 aliphatic carbocycles. The molecule has 128 valence electrons. The van der Waals surface area contributed by atoms with Crippen LogP contribution in [0.15, 0.2) is 54.6 Å².